The Bertz CT molecular complexity index is 242. The summed E-state index contributed by atoms with van der Waals surface area (Å²) in [6.45, 7) is 7.51. The normalized spacial score (nSPS) is 38.1. The third kappa shape index (κ3) is 1.78. The zero-order valence-corrected chi connectivity index (χ0v) is 9.04. The maximum absolute atomic E-state index is 5.55. The number of hydrogen-bond donors (Lipinski definition) is 0. The lowest BCUT2D eigenvalue weighted by atomic mass is 9.86. The minimum Gasteiger partial charge on any atom is -0.377 e. The van der Waals surface area contributed by atoms with Crippen molar-refractivity contribution in [1.82, 2.24) is 0 Å². The lowest BCUT2D eigenvalue weighted by molar-refractivity contribution is 0.103. The van der Waals surface area contributed by atoms with Crippen molar-refractivity contribution in [1.29, 1.82) is 0 Å². The largest absolute Gasteiger partial charge is 0.377 e. The van der Waals surface area contributed by atoms with Gasteiger partial charge in [-0.05, 0) is 43.9 Å². The van der Waals surface area contributed by atoms with Gasteiger partial charge >= 0.3 is 0 Å². The first-order valence-electron chi connectivity index (χ1n) is 5.68. The molecule has 78 valence electrons. The van der Waals surface area contributed by atoms with Crippen LogP contribution in [0, 0.1) is 17.8 Å². The Hall–Kier alpha value is -0.560. The molecule has 0 aliphatic heterocycles. The zero-order chi connectivity index (χ0) is 9.97. The second kappa shape index (κ2) is 4.31. The highest BCUT2D eigenvalue weighted by atomic mass is 16.5. The van der Waals surface area contributed by atoms with Crippen LogP contribution in [0.1, 0.15) is 26.2 Å². The Morgan fingerprint density at radius 2 is 2.36 bits per heavy atom. The van der Waals surface area contributed by atoms with Crippen LogP contribution in [-0.4, -0.2) is 13.2 Å². The fraction of sp³-hybridized carbons (Fsp3) is 0.692. The average molecular weight is 192 g/mol. The SMILES string of the molecule is C=CCOCC1CC2CC1C/C2=C\C. The molecule has 1 nitrogen and oxygen atoms in total. The Morgan fingerprint density at radius 1 is 1.50 bits per heavy atom. The molecule has 0 saturated heterocycles. The highest BCUT2D eigenvalue weighted by Crippen LogP contribution is 2.51. The van der Waals surface area contributed by atoms with E-state index >= 15 is 0 Å². The Labute approximate surface area is 86.8 Å². The number of rotatable bonds is 4. The first-order valence-corrected chi connectivity index (χ1v) is 5.68. The predicted molar refractivity (Wildman–Crippen MR) is 59.1 cm³/mol. The number of ether oxygens (including phenoxy) is 1. The maximum atomic E-state index is 5.55. The highest BCUT2D eigenvalue weighted by Gasteiger charge is 2.41. The van der Waals surface area contributed by atoms with Crippen LogP contribution >= 0.6 is 0 Å². The van der Waals surface area contributed by atoms with Crippen LogP contribution in [0.5, 0.6) is 0 Å². The maximum Gasteiger partial charge on any atom is 0.0644 e. The highest BCUT2D eigenvalue weighted by molar-refractivity contribution is 5.17. The van der Waals surface area contributed by atoms with Crippen molar-refractivity contribution in [2.24, 2.45) is 17.8 Å². The van der Waals surface area contributed by atoms with Crippen LogP contribution in [-0.2, 0) is 4.74 Å². The van der Waals surface area contributed by atoms with Crippen molar-refractivity contribution in [3.05, 3.63) is 24.3 Å². The predicted octanol–water partition coefficient (Wildman–Crippen LogP) is 3.18. The van der Waals surface area contributed by atoms with E-state index < -0.39 is 0 Å². The molecule has 2 bridgehead atoms. The molecule has 0 spiro atoms. The van der Waals surface area contributed by atoms with Crippen LogP contribution in [0.15, 0.2) is 24.3 Å². The van der Waals surface area contributed by atoms with Gasteiger partial charge in [-0.15, -0.1) is 6.58 Å². The van der Waals surface area contributed by atoms with Crippen LogP contribution in [0.3, 0.4) is 0 Å². The number of allylic oxidation sites excluding steroid dienone is 2. The summed E-state index contributed by atoms with van der Waals surface area (Å²) in [5.41, 5.74) is 1.70. The van der Waals surface area contributed by atoms with Gasteiger partial charge in [0, 0.05) is 0 Å². The average Bonchev–Trinajstić information content (AvgIpc) is 2.76. The first-order chi connectivity index (χ1) is 6.85. The van der Waals surface area contributed by atoms with Crippen molar-refractivity contribution in [2.45, 2.75) is 26.2 Å². The summed E-state index contributed by atoms with van der Waals surface area (Å²) in [5, 5.41) is 0. The van der Waals surface area contributed by atoms with Gasteiger partial charge in [0.25, 0.3) is 0 Å². The molecule has 0 aromatic heterocycles. The van der Waals surface area contributed by atoms with Crippen molar-refractivity contribution < 1.29 is 4.74 Å². The van der Waals surface area contributed by atoms with Crippen LogP contribution < -0.4 is 0 Å². The van der Waals surface area contributed by atoms with E-state index in [4.69, 9.17) is 4.74 Å². The minimum atomic E-state index is 0.713. The third-order valence-electron chi connectivity index (χ3n) is 3.80. The molecule has 3 unspecified atom stereocenters. The molecular weight excluding hydrogens is 172 g/mol. The lowest BCUT2D eigenvalue weighted by Gasteiger charge is -2.23. The van der Waals surface area contributed by atoms with Gasteiger partial charge in [-0.1, -0.05) is 17.7 Å². The molecular formula is C13H20O. The molecule has 1 heteroatoms. The first kappa shape index (κ1) is 9.97. The van der Waals surface area contributed by atoms with E-state index in [2.05, 4.69) is 19.6 Å². The molecule has 0 heterocycles. The van der Waals surface area contributed by atoms with Gasteiger partial charge in [0.2, 0.25) is 0 Å². The zero-order valence-electron chi connectivity index (χ0n) is 9.04. The smallest absolute Gasteiger partial charge is 0.0644 e. The van der Waals surface area contributed by atoms with Gasteiger partial charge in [0.1, 0.15) is 0 Å². The second-order valence-corrected chi connectivity index (χ2v) is 4.58. The van der Waals surface area contributed by atoms with E-state index in [1.54, 1.807) is 5.57 Å². The summed E-state index contributed by atoms with van der Waals surface area (Å²) in [7, 11) is 0. The van der Waals surface area contributed by atoms with Gasteiger partial charge < -0.3 is 4.74 Å². The van der Waals surface area contributed by atoms with Gasteiger partial charge in [-0.2, -0.15) is 0 Å². The molecule has 0 amide bonds. The molecule has 3 atom stereocenters. The van der Waals surface area contributed by atoms with E-state index in [0.717, 1.165) is 24.4 Å². The van der Waals surface area contributed by atoms with Crippen LogP contribution in [0.4, 0.5) is 0 Å². The van der Waals surface area contributed by atoms with Crippen molar-refractivity contribution in [3.63, 3.8) is 0 Å². The van der Waals surface area contributed by atoms with Gasteiger partial charge in [-0.3, -0.25) is 0 Å². The third-order valence-corrected chi connectivity index (χ3v) is 3.80. The summed E-state index contributed by atoms with van der Waals surface area (Å²) in [6.07, 6.45) is 8.28. The second-order valence-electron chi connectivity index (χ2n) is 4.58. The van der Waals surface area contributed by atoms with Crippen molar-refractivity contribution in [3.8, 4) is 0 Å². The summed E-state index contributed by atoms with van der Waals surface area (Å²) < 4.78 is 5.55. The standard InChI is InChI=1S/C13H20O/c1-3-5-14-9-13-8-11-7-12(13)6-10(11)4-2/h3-4,11-13H,1,5-9H2,2H3/b10-4+. The summed E-state index contributed by atoms with van der Waals surface area (Å²) in [6, 6.07) is 0. The Balaban J connectivity index is 1.81. The Kier molecular flexibility index (Phi) is 3.07. The summed E-state index contributed by atoms with van der Waals surface area (Å²) in [4.78, 5) is 0. The topological polar surface area (TPSA) is 9.23 Å². The van der Waals surface area contributed by atoms with Crippen molar-refractivity contribution >= 4 is 0 Å². The molecule has 0 aromatic carbocycles. The van der Waals surface area contributed by atoms with E-state index in [1.165, 1.54) is 19.3 Å². The molecule has 0 aromatic rings. The van der Waals surface area contributed by atoms with E-state index in [-0.39, 0.29) is 0 Å². The summed E-state index contributed by atoms with van der Waals surface area (Å²) >= 11 is 0. The Morgan fingerprint density at radius 3 is 2.93 bits per heavy atom. The number of hydrogen-bond acceptors (Lipinski definition) is 1. The molecule has 2 saturated carbocycles. The molecule has 2 aliphatic rings. The molecule has 2 rings (SSSR count). The lowest BCUT2D eigenvalue weighted by Crippen LogP contribution is -2.17. The fourth-order valence-electron chi connectivity index (χ4n) is 3.09. The molecule has 2 fully saturated rings. The van der Waals surface area contributed by atoms with Gasteiger partial charge in [0.05, 0.1) is 13.2 Å². The quantitative estimate of drug-likeness (QED) is 0.491. The summed E-state index contributed by atoms with van der Waals surface area (Å²) in [5.74, 6) is 2.63. The monoisotopic (exact) mass is 192 g/mol. The van der Waals surface area contributed by atoms with E-state index in [0.29, 0.717) is 6.61 Å². The number of fused-ring (bicyclic) bond motifs is 2. The van der Waals surface area contributed by atoms with Crippen molar-refractivity contribution in [2.75, 3.05) is 13.2 Å². The van der Waals surface area contributed by atoms with Crippen LogP contribution in [0.25, 0.3) is 0 Å². The van der Waals surface area contributed by atoms with E-state index in [9.17, 15) is 0 Å². The van der Waals surface area contributed by atoms with Gasteiger partial charge in [-0.25, -0.2) is 0 Å². The minimum absolute atomic E-state index is 0.713. The molecule has 2 aliphatic carbocycles. The molecule has 0 radical (unpaired) electrons. The molecule has 14 heavy (non-hydrogen) atoms. The van der Waals surface area contributed by atoms with Gasteiger partial charge in [0.15, 0.2) is 0 Å². The van der Waals surface area contributed by atoms with E-state index in [1.807, 2.05) is 6.08 Å². The fourth-order valence-corrected chi connectivity index (χ4v) is 3.09. The molecule has 0 N–H and O–H groups in total. The van der Waals surface area contributed by atoms with Crippen LogP contribution in [0.2, 0.25) is 0 Å².